The second kappa shape index (κ2) is 7.24. The van der Waals surface area contributed by atoms with Crippen LogP contribution in [0.5, 0.6) is 5.75 Å². The van der Waals surface area contributed by atoms with E-state index < -0.39 is 5.60 Å². The smallest absolute Gasteiger partial charge is 0.220 e. The van der Waals surface area contributed by atoms with Crippen LogP contribution in [0.2, 0.25) is 0 Å². The quantitative estimate of drug-likeness (QED) is 0.766. The number of para-hydroxylation sites is 1. The van der Waals surface area contributed by atoms with Crippen molar-refractivity contribution in [3.05, 3.63) is 65.5 Å². The first kappa shape index (κ1) is 17.0. The Morgan fingerprint density at radius 1 is 1.17 bits per heavy atom. The van der Waals surface area contributed by atoms with Gasteiger partial charge in [-0.05, 0) is 42.7 Å². The first-order chi connectivity index (χ1) is 10.9. The Balaban J connectivity index is 1.86. The lowest BCUT2D eigenvalue weighted by molar-refractivity contribution is -0.122. The standard InChI is InChI=1S/C18H20FNO3/c1-18(23,14-7-9-15(19)10-8-14)12-20-17(22)11-6-13-4-2-3-5-16(13)21/h2-5,7-10,21,23H,6,11-12H2,1H3,(H,20,22). The van der Waals surface area contributed by atoms with Crippen LogP contribution in [0.25, 0.3) is 0 Å². The van der Waals surface area contributed by atoms with Gasteiger partial charge in [0.25, 0.3) is 0 Å². The number of hydrogen-bond acceptors (Lipinski definition) is 3. The molecule has 1 amide bonds. The fraction of sp³-hybridized carbons (Fsp3) is 0.278. The molecule has 0 saturated carbocycles. The number of benzene rings is 2. The van der Waals surface area contributed by atoms with Crippen molar-refractivity contribution in [1.29, 1.82) is 0 Å². The zero-order valence-electron chi connectivity index (χ0n) is 12.9. The van der Waals surface area contributed by atoms with Crippen molar-refractivity contribution >= 4 is 5.91 Å². The highest BCUT2D eigenvalue weighted by atomic mass is 19.1. The number of halogens is 1. The maximum Gasteiger partial charge on any atom is 0.220 e. The van der Waals surface area contributed by atoms with Gasteiger partial charge in [-0.2, -0.15) is 0 Å². The first-order valence-corrected chi connectivity index (χ1v) is 7.40. The maximum absolute atomic E-state index is 12.9. The Kier molecular flexibility index (Phi) is 5.34. The molecular formula is C18H20FNO3. The molecule has 0 aliphatic rings. The molecule has 0 bridgehead atoms. The van der Waals surface area contributed by atoms with E-state index in [0.717, 1.165) is 0 Å². The second-order valence-electron chi connectivity index (χ2n) is 5.69. The number of rotatable bonds is 6. The van der Waals surface area contributed by atoms with Gasteiger partial charge in [-0.1, -0.05) is 30.3 Å². The number of carbonyl (C=O) groups excluding carboxylic acids is 1. The first-order valence-electron chi connectivity index (χ1n) is 7.40. The molecule has 1 unspecified atom stereocenters. The topological polar surface area (TPSA) is 69.6 Å². The average Bonchev–Trinajstić information content (AvgIpc) is 2.53. The summed E-state index contributed by atoms with van der Waals surface area (Å²) >= 11 is 0. The average molecular weight is 317 g/mol. The summed E-state index contributed by atoms with van der Waals surface area (Å²) < 4.78 is 12.9. The van der Waals surface area contributed by atoms with Gasteiger partial charge in [0.2, 0.25) is 5.91 Å². The molecule has 2 aromatic rings. The van der Waals surface area contributed by atoms with Crippen molar-refractivity contribution in [2.24, 2.45) is 0 Å². The molecule has 1 atom stereocenters. The summed E-state index contributed by atoms with van der Waals surface area (Å²) in [4.78, 5) is 11.9. The highest BCUT2D eigenvalue weighted by Crippen LogP contribution is 2.20. The Hall–Kier alpha value is -2.40. The predicted molar refractivity (Wildman–Crippen MR) is 85.4 cm³/mol. The fourth-order valence-corrected chi connectivity index (χ4v) is 2.24. The number of aromatic hydroxyl groups is 1. The van der Waals surface area contributed by atoms with Gasteiger partial charge in [-0.25, -0.2) is 4.39 Å². The van der Waals surface area contributed by atoms with E-state index in [1.54, 1.807) is 31.2 Å². The van der Waals surface area contributed by atoms with E-state index >= 15 is 0 Å². The SMILES string of the molecule is CC(O)(CNC(=O)CCc1ccccc1O)c1ccc(F)cc1. The third-order valence-electron chi connectivity index (χ3n) is 3.71. The van der Waals surface area contributed by atoms with E-state index in [1.165, 1.54) is 24.3 Å². The van der Waals surface area contributed by atoms with Crippen LogP contribution in [0.3, 0.4) is 0 Å². The number of nitrogens with one attached hydrogen (secondary N) is 1. The zero-order valence-corrected chi connectivity index (χ0v) is 12.9. The number of amides is 1. The molecule has 2 aromatic carbocycles. The van der Waals surface area contributed by atoms with Gasteiger partial charge in [-0.3, -0.25) is 4.79 Å². The van der Waals surface area contributed by atoms with E-state index in [9.17, 15) is 19.4 Å². The summed E-state index contributed by atoms with van der Waals surface area (Å²) in [7, 11) is 0. The van der Waals surface area contributed by atoms with Gasteiger partial charge in [0.1, 0.15) is 17.2 Å². The van der Waals surface area contributed by atoms with Crippen molar-refractivity contribution in [3.63, 3.8) is 0 Å². The minimum atomic E-state index is -1.28. The molecule has 2 rings (SSSR count). The summed E-state index contributed by atoms with van der Waals surface area (Å²) in [6, 6.07) is 12.4. The molecule has 0 heterocycles. The van der Waals surface area contributed by atoms with E-state index in [0.29, 0.717) is 17.5 Å². The number of carbonyl (C=O) groups is 1. The highest BCUT2D eigenvalue weighted by Gasteiger charge is 2.23. The summed E-state index contributed by atoms with van der Waals surface area (Å²) in [5, 5.41) is 22.7. The van der Waals surface area contributed by atoms with E-state index in [2.05, 4.69) is 5.32 Å². The fourth-order valence-electron chi connectivity index (χ4n) is 2.24. The molecule has 0 aromatic heterocycles. The van der Waals surface area contributed by atoms with Gasteiger partial charge < -0.3 is 15.5 Å². The lowest BCUT2D eigenvalue weighted by atomic mass is 9.96. The second-order valence-corrected chi connectivity index (χ2v) is 5.69. The summed E-state index contributed by atoms with van der Waals surface area (Å²) in [5.41, 5.74) is -0.0500. The van der Waals surface area contributed by atoms with Crippen LogP contribution in [-0.2, 0) is 16.8 Å². The Labute approximate surface area is 134 Å². The monoisotopic (exact) mass is 317 g/mol. The Morgan fingerprint density at radius 3 is 2.48 bits per heavy atom. The predicted octanol–water partition coefficient (Wildman–Crippen LogP) is 2.49. The number of aryl methyl sites for hydroxylation is 1. The van der Waals surface area contributed by atoms with Crippen LogP contribution >= 0.6 is 0 Å². The molecule has 122 valence electrons. The van der Waals surface area contributed by atoms with Crippen LogP contribution in [-0.4, -0.2) is 22.7 Å². The third kappa shape index (κ3) is 4.79. The number of aliphatic hydroxyl groups is 1. The number of hydrogen-bond donors (Lipinski definition) is 3. The maximum atomic E-state index is 12.9. The largest absolute Gasteiger partial charge is 0.508 e. The minimum Gasteiger partial charge on any atom is -0.508 e. The van der Waals surface area contributed by atoms with Crippen LogP contribution in [0.15, 0.2) is 48.5 Å². The molecule has 0 aliphatic carbocycles. The molecule has 3 N–H and O–H groups in total. The van der Waals surface area contributed by atoms with Gasteiger partial charge in [0.05, 0.1) is 6.54 Å². The summed E-state index contributed by atoms with van der Waals surface area (Å²) in [6.07, 6.45) is 0.619. The zero-order chi connectivity index (χ0) is 16.9. The molecule has 0 radical (unpaired) electrons. The van der Waals surface area contributed by atoms with E-state index in [4.69, 9.17) is 0 Å². The molecule has 0 aliphatic heterocycles. The van der Waals surface area contributed by atoms with E-state index in [1.807, 2.05) is 0 Å². The lowest BCUT2D eigenvalue weighted by Gasteiger charge is -2.24. The molecule has 4 nitrogen and oxygen atoms in total. The normalized spacial score (nSPS) is 13.3. The third-order valence-corrected chi connectivity index (χ3v) is 3.71. The van der Waals surface area contributed by atoms with Gasteiger partial charge in [0.15, 0.2) is 0 Å². The number of phenolic OH excluding ortho intramolecular Hbond substituents is 1. The van der Waals surface area contributed by atoms with Crippen molar-refractivity contribution in [3.8, 4) is 5.75 Å². The van der Waals surface area contributed by atoms with Gasteiger partial charge in [-0.15, -0.1) is 0 Å². The van der Waals surface area contributed by atoms with Crippen molar-refractivity contribution < 1.29 is 19.4 Å². The molecule has 5 heteroatoms. The van der Waals surface area contributed by atoms with E-state index in [-0.39, 0.29) is 30.4 Å². The highest BCUT2D eigenvalue weighted by molar-refractivity contribution is 5.76. The van der Waals surface area contributed by atoms with Crippen LogP contribution in [0, 0.1) is 5.82 Å². The molecular weight excluding hydrogens is 297 g/mol. The van der Waals surface area contributed by atoms with Crippen molar-refractivity contribution in [2.75, 3.05) is 6.54 Å². The molecule has 0 saturated heterocycles. The van der Waals surface area contributed by atoms with Crippen molar-refractivity contribution in [1.82, 2.24) is 5.32 Å². The molecule has 0 spiro atoms. The summed E-state index contributed by atoms with van der Waals surface area (Å²) in [6.45, 7) is 1.59. The molecule has 23 heavy (non-hydrogen) atoms. The van der Waals surface area contributed by atoms with Crippen LogP contribution < -0.4 is 5.32 Å². The Morgan fingerprint density at radius 2 is 1.83 bits per heavy atom. The molecule has 0 fully saturated rings. The van der Waals surface area contributed by atoms with Gasteiger partial charge >= 0.3 is 0 Å². The lowest BCUT2D eigenvalue weighted by Crippen LogP contribution is -2.38. The van der Waals surface area contributed by atoms with Crippen LogP contribution in [0.4, 0.5) is 4.39 Å². The summed E-state index contributed by atoms with van der Waals surface area (Å²) in [5.74, 6) is -0.439. The van der Waals surface area contributed by atoms with Crippen LogP contribution in [0.1, 0.15) is 24.5 Å². The van der Waals surface area contributed by atoms with Crippen molar-refractivity contribution in [2.45, 2.75) is 25.4 Å². The Bertz CT molecular complexity index is 668. The van der Waals surface area contributed by atoms with Gasteiger partial charge in [0, 0.05) is 6.42 Å². The number of phenols is 1. The minimum absolute atomic E-state index is 0.0260.